The molecule has 1 atom stereocenters. The van der Waals surface area contributed by atoms with E-state index in [-0.39, 0.29) is 22.4 Å². The molecule has 0 aromatic heterocycles. The maximum absolute atomic E-state index is 12.8. The van der Waals surface area contributed by atoms with Gasteiger partial charge in [-0.15, -0.1) is 0 Å². The monoisotopic (exact) mass is 416 g/mol. The van der Waals surface area contributed by atoms with Crippen LogP contribution in [0.25, 0.3) is 0 Å². The molecule has 0 bridgehead atoms. The Bertz CT molecular complexity index is 1040. The summed E-state index contributed by atoms with van der Waals surface area (Å²) in [7, 11) is -3.91. The predicted molar refractivity (Wildman–Crippen MR) is 109 cm³/mol. The van der Waals surface area contributed by atoms with Gasteiger partial charge in [-0.2, -0.15) is 0 Å². The van der Waals surface area contributed by atoms with E-state index in [0.717, 1.165) is 18.4 Å². The quantitative estimate of drug-likeness (QED) is 0.676. The van der Waals surface area contributed by atoms with E-state index in [0.29, 0.717) is 11.3 Å². The van der Waals surface area contributed by atoms with Gasteiger partial charge >= 0.3 is 5.97 Å². The molecule has 0 aliphatic heterocycles. The minimum atomic E-state index is -3.91. The highest BCUT2D eigenvalue weighted by Gasteiger charge is 2.28. The fraction of sp³-hybridized carbons (Fsp3) is 0.333. The van der Waals surface area contributed by atoms with Gasteiger partial charge in [-0.1, -0.05) is 18.2 Å². The van der Waals surface area contributed by atoms with Crippen LogP contribution in [0.3, 0.4) is 0 Å². The second-order valence-electron chi connectivity index (χ2n) is 7.29. The summed E-state index contributed by atoms with van der Waals surface area (Å²) in [5, 5.41) is 2.76. The minimum Gasteiger partial charge on any atom is -0.449 e. The Morgan fingerprint density at radius 3 is 2.48 bits per heavy atom. The Balaban J connectivity index is 1.77. The third-order valence-corrected chi connectivity index (χ3v) is 6.08. The van der Waals surface area contributed by atoms with Crippen molar-refractivity contribution in [1.29, 1.82) is 0 Å². The number of aryl methyl sites for hydroxylation is 2. The Hall–Kier alpha value is -2.87. The molecule has 2 aromatic rings. The molecular weight excluding hydrogens is 392 g/mol. The third kappa shape index (κ3) is 5.35. The lowest BCUT2D eigenvalue weighted by Crippen LogP contribution is -2.37. The zero-order valence-corrected chi connectivity index (χ0v) is 17.4. The van der Waals surface area contributed by atoms with Crippen LogP contribution in [0, 0.1) is 13.8 Å². The van der Waals surface area contributed by atoms with Gasteiger partial charge in [0.1, 0.15) is 0 Å². The number of esters is 1. The van der Waals surface area contributed by atoms with Crippen LogP contribution in [0.4, 0.5) is 5.69 Å². The first-order chi connectivity index (χ1) is 13.7. The summed E-state index contributed by atoms with van der Waals surface area (Å²) < 4.78 is 33.4. The number of carbonyl (C=O) groups excluding carboxylic acids is 2. The molecule has 1 saturated carbocycles. The molecular formula is C21H24N2O5S. The van der Waals surface area contributed by atoms with Gasteiger partial charge in [-0.05, 0) is 69.0 Å². The zero-order chi connectivity index (χ0) is 21.2. The van der Waals surface area contributed by atoms with Gasteiger partial charge in [-0.25, -0.2) is 13.2 Å². The molecule has 0 spiro atoms. The summed E-state index contributed by atoms with van der Waals surface area (Å²) >= 11 is 0. The molecule has 3 rings (SSSR count). The topological polar surface area (TPSA) is 102 Å². The molecule has 2 N–H and O–H groups in total. The Kier molecular flexibility index (Phi) is 5.93. The van der Waals surface area contributed by atoms with E-state index < -0.39 is 22.1 Å². The number of carbonyl (C=O) groups is 2. The molecule has 2 aromatic carbocycles. The summed E-state index contributed by atoms with van der Waals surface area (Å²) in [5.74, 6) is -1.11. The Morgan fingerprint density at radius 1 is 1.10 bits per heavy atom. The molecule has 1 fully saturated rings. The molecule has 0 radical (unpaired) electrons. The van der Waals surface area contributed by atoms with Crippen LogP contribution in [-0.4, -0.2) is 32.4 Å². The number of rotatable bonds is 7. The van der Waals surface area contributed by atoms with Crippen LogP contribution in [0.15, 0.2) is 47.4 Å². The second-order valence-corrected chi connectivity index (χ2v) is 8.94. The van der Waals surface area contributed by atoms with Crippen molar-refractivity contribution in [1.82, 2.24) is 5.32 Å². The lowest BCUT2D eigenvalue weighted by Gasteiger charge is -2.15. The number of hydrogen-bond acceptors (Lipinski definition) is 5. The Labute approximate surface area is 170 Å². The van der Waals surface area contributed by atoms with E-state index in [9.17, 15) is 18.0 Å². The van der Waals surface area contributed by atoms with Crippen LogP contribution in [0.2, 0.25) is 0 Å². The first-order valence-corrected chi connectivity index (χ1v) is 10.9. The van der Waals surface area contributed by atoms with Crippen molar-refractivity contribution < 1.29 is 22.7 Å². The third-order valence-electron chi connectivity index (χ3n) is 4.56. The molecule has 0 heterocycles. The highest BCUT2D eigenvalue weighted by atomic mass is 32.2. The highest BCUT2D eigenvalue weighted by Crippen LogP contribution is 2.22. The summed E-state index contributed by atoms with van der Waals surface area (Å²) in [6, 6.07) is 11.4. The van der Waals surface area contributed by atoms with E-state index in [1.54, 1.807) is 25.1 Å². The summed E-state index contributed by atoms with van der Waals surface area (Å²) in [5.41, 5.74) is 1.90. The van der Waals surface area contributed by atoms with Crippen LogP contribution in [-0.2, 0) is 19.6 Å². The standard InChI is InChI=1S/C21H24N2O5S/c1-13-5-4-6-18(11-13)23-29(26,27)19-12-16(8-7-14(19)2)21(25)28-15(3)20(24)22-17-9-10-17/h4-8,11-12,15,17,23H,9-10H2,1-3H3,(H,22,24)/t15-/m1/s1. The average Bonchev–Trinajstić information content (AvgIpc) is 3.45. The number of sulfonamides is 1. The molecule has 8 heteroatoms. The maximum Gasteiger partial charge on any atom is 0.338 e. The molecule has 7 nitrogen and oxygen atoms in total. The van der Waals surface area contributed by atoms with Crippen molar-refractivity contribution in [3.63, 3.8) is 0 Å². The van der Waals surface area contributed by atoms with Crippen LogP contribution >= 0.6 is 0 Å². The zero-order valence-electron chi connectivity index (χ0n) is 16.6. The van der Waals surface area contributed by atoms with Crippen LogP contribution < -0.4 is 10.0 Å². The van der Waals surface area contributed by atoms with Crippen molar-refractivity contribution >= 4 is 27.6 Å². The molecule has 0 unspecified atom stereocenters. The molecule has 1 amide bonds. The molecule has 1 aliphatic rings. The van der Waals surface area contributed by atoms with E-state index in [4.69, 9.17) is 4.74 Å². The molecule has 29 heavy (non-hydrogen) atoms. The van der Waals surface area contributed by atoms with Gasteiger partial charge in [0.05, 0.1) is 10.5 Å². The van der Waals surface area contributed by atoms with E-state index in [2.05, 4.69) is 10.0 Å². The molecule has 0 saturated heterocycles. The van der Waals surface area contributed by atoms with Crippen molar-refractivity contribution in [2.24, 2.45) is 0 Å². The lowest BCUT2D eigenvalue weighted by molar-refractivity contribution is -0.129. The van der Waals surface area contributed by atoms with Crippen molar-refractivity contribution in [3.05, 3.63) is 59.2 Å². The first kappa shape index (κ1) is 20.9. The second kappa shape index (κ2) is 8.24. The smallest absolute Gasteiger partial charge is 0.338 e. The van der Waals surface area contributed by atoms with Crippen LogP contribution in [0.5, 0.6) is 0 Å². The van der Waals surface area contributed by atoms with Crippen molar-refractivity contribution in [3.8, 4) is 0 Å². The normalized spacial score (nSPS) is 14.7. The summed E-state index contributed by atoms with van der Waals surface area (Å²) in [6.07, 6.45) is 0.897. The minimum absolute atomic E-state index is 0.0245. The van der Waals surface area contributed by atoms with Gasteiger partial charge < -0.3 is 10.1 Å². The summed E-state index contributed by atoms with van der Waals surface area (Å²) in [6.45, 7) is 4.99. The van der Waals surface area contributed by atoms with E-state index >= 15 is 0 Å². The predicted octanol–water partition coefficient (Wildman–Crippen LogP) is 2.93. The number of amides is 1. The van der Waals surface area contributed by atoms with E-state index in [1.807, 2.05) is 13.0 Å². The SMILES string of the molecule is Cc1cccc(NS(=O)(=O)c2cc(C(=O)O[C@H](C)C(=O)NC3CC3)ccc2C)c1. The molecule has 154 valence electrons. The van der Waals surface area contributed by atoms with Crippen LogP contribution in [0.1, 0.15) is 41.3 Å². The lowest BCUT2D eigenvalue weighted by atomic mass is 10.1. The maximum atomic E-state index is 12.8. The van der Waals surface area contributed by atoms with Crippen molar-refractivity contribution in [2.45, 2.75) is 50.7 Å². The highest BCUT2D eigenvalue weighted by molar-refractivity contribution is 7.92. The fourth-order valence-electron chi connectivity index (χ4n) is 2.76. The van der Waals surface area contributed by atoms with Crippen molar-refractivity contribution in [2.75, 3.05) is 4.72 Å². The largest absolute Gasteiger partial charge is 0.449 e. The van der Waals surface area contributed by atoms with Gasteiger partial charge in [0, 0.05) is 11.7 Å². The average molecular weight is 416 g/mol. The number of hydrogen-bond donors (Lipinski definition) is 2. The number of anilines is 1. The first-order valence-electron chi connectivity index (χ1n) is 9.37. The van der Waals surface area contributed by atoms with E-state index in [1.165, 1.54) is 25.1 Å². The summed E-state index contributed by atoms with van der Waals surface area (Å²) in [4.78, 5) is 24.4. The fourth-order valence-corrected chi connectivity index (χ4v) is 4.08. The Morgan fingerprint density at radius 2 is 1.83 bits per heavy atom. The number of benzene rings is 2. The molecule has 1 aliphatic carbocycles. The number of ether oxygens (including phenoxy) is 1. The van der Waals surface area contributed by atoms with Gasteiger partial charge in [-0.3, -0.25) is 9.52 Å². The van der Waals surface area contributed by atoms with Gasteiger partial charge in [0.25, 0.3) is 15.9 Å². The number of nitrogens with one attached hydrogen (secondary N) is 2. The van der Waals surface area contributed by atoms with Gasteiger partial charge in [0.2, 0.25) is 0 Å². The van der Waals surface area contributed by atoms with Gasteiger partial charge in [0.15, 0.2) is 6.10 Å².